The maximum absolute atomic E-state index is 14.4. The van der Waals surface area contributed by atoms with Crippen LogP contribution >= 0.6 is 11.6 Å². The highest BCUT2D eigenvalue weighted by molar-refractivity contribution is 6.29. The Bertz CT molecular complexity index is 1080. The highest BCUT2D eigenvalue weighted by Gasteiger charge is 2.23. The molecule has 8 nitrogen and oxygen atoms in total. The molecule has 4 rings (SSSR count). The molecular formula is C17H13ClFN7O. The van der Waals surface area contributed by atoms with Crippen molar-refractivity contribution in [1.29, 1.82) is 5.26 Å². The van der Waals surface area contributed by atoms with Gasteiger partial charge in [-0.25, -0.2) is 9.97 Å². The van der Waals surface area contributed by atoms with Gasteiger partial charge in [0.05, 0.1) is 17.4 Å². The van der Waals surface area contributed by atoms with Crippen molar-refractivity contribution in [2.24, 2.45) is 0 Å². The summed E-state index contributed by atoms with van der Waals surface area (Å²) < 4.78 is 15.7. The molecule has 3 aromatic rings. The molecule has 0 spiro atoms. The number of nitriles is 1. The molecule has 4 heterocycles. The summed E-state index contributed by atoms with van der Waals surface area (Å²) in [7, 11) is 0. The molecule has 1 N–H and O–H groups in total. The van der Waals surface area contributed by atoms with Crippen LogP contribution < -0.4 is 5.32 Å². The highest BCUT2D eigenvalue weighted by atomic mass is 35.5. The Hall–Kier alpha value is -3.25. The van der Waals surface area contributed by atoms with Crippen LogP contribution in [0, 0.1) is 17.3 Å². The zero-order valence-corrected chi connectivity index (χ0v) is 14.7. The average Bonchev–Trinajstić information content (AvgIpc) is 3.31. The number of amides is 1. The minimum atomic E-state index is -0.853. The summed E-state index contributed by atoms with van der Waals surface area (Å²) in [6.45, 7) is 1.26. The number of hydrogen-bond donors (Lipinski definition) is 1. The van der Waals surface area contributed by atoms with Gasteiger partial charge >= 0.3 is 0 Å². The molecule has 0 unspecified atom stereocenters. The monoisotopic (exact) mass is 385 g/mol. The first-order valence-electron chi connectivity index (χ1n) is 8.24. The van der Waals surface area contributed by atoms with E-state index >= 15 is 0 Å². The number of carbonyl (C=O) groups is 1. The number of rotatable bonds is 3. The van der Waals surface area contributed by atoms with Crippen molar-refractivity contribution in [3.05, 3.63) is 46.8 Å². The number of halogens is 2. The Morgan fingerprint density at radius 1 is 1.33 bits per heavy atom. The maximum atomic E-state index is 14.4. The maximum Gasteiger partial charge on any atom is 0.258 e. The van der Waals surface area contributed by atoms with Gasteiger partial charge in [0.1, 0.15) is 11.9 Å². The smallest absolute Gasteiger partial charge is 0.258 e. The number of anilines is 2. The van der Waals surface area contributed by atoms with Crippen LogP contribution in [0.1, 0.15) is 28.9 Å². The molecule has 0 radical (unpaired) electrons. The van der Waals surface area contributed by atoms with Crippen molar-refractivity contribution in [2.45, 2.75) is 12.8 Å². The summed E-state index contributed by atoms with van der Waals surface area (Å²) in [6, 6.07) is 6.36. The lowest BCUT2D eigenvalue weighted by atomic mass is 10.2. The molecule has 1 aliphatic heterocycles. The summed E-state index contributed by atoms with van der Waals surface area (Å²) in [5.74, 6) is -1.03. The van der Waals surface area contributed by atoms with Gasteiger partial charge in [0.2, 0.25) is 5.95 Å². The van der Waals surface area contributed by atoms with Gasteiger partial charge in [-0.15, -0.1) is 0 Å². The van der Waals surface area contributed by atoms with E-state index in [1.54, 1.807) is 4.90 Å². The molecule has 1 fully saturated rings. The number of likely N-dealkylation sites (tertiary alicyclic amines) is 1. The normalized spacial score (nSPS) is 13.7. The molecule has 0 bridgehead atoms. The molecule has 3 aromatic heterocycles. The van der Waals surface area contributed by atoms with Crippen molar-refractivity contribution >= 4 is 34.7 Å². The molecular weight excluding hydrogens is 373 g/mol. The van der Waals surface area contributed by atoms with E-state index in [2.05, 4.69) is 20.4 Å². The zero-order valence-electron chi connectivity index (χ0n) is 14.0. The minimum absolute atomic E-state index is 0.0621. The third kappa shape index (κ3) is 3.15. The molecule has 136 valence electrons. The van der Waals surface area contributed by atoms with Gasteiger partial charge in [-0.2, -0.15) is 19.3 Å². The van der Waals surface area contributed by atoms with Crippen molar-refractivity contribution in [3.8, 4) is 6.07 Å². The third-order valence-corrected chi connectivity index (χ3v) is 4.47. The van der Waals surface area contributed by atoms with E-state index in [1.807, 2.05) is 6.07 Å². The molecule has 0 atom stereocenters. The first kappa shape index (κ1) is 17.2. The number of hydrogen-bond acceptors (Lipinski definition) is 6. The van der Waals surface area contributed by atoms with Gasteiger partial charge < -0.3 is 10.2 Å². The summed E-state index contributed by atoms with van der Waals surface area (Å²) in [4.78, 5) is 21.9. The second-order valence-corrected chi connectivity index (χ2v) is 6.42. The number of carbonyl (C=O) groups excluding carboxylic acids is 1. The van der Waals surface area contributed by atoms with Gasteiger partial charge in [-0.05, 0) is 25.0 Å². The largest absolute Gasteiger partial charge is 0.339 e. The van der Waals surface area contributed by atoms with E-state index in [0.29, 0.717) is 24.4 Å². The number of nitrogens with one attached hydrogen (secondary N) is 1. The predicted octanol–water partition coefficient (Wildman–Crippen LogP) is 2.77. The zero-order chi connectivity index (χ0) is 19.0. The summed E-state index contributed by atoms with van der Waals surface area (Å²) in [5, 5.41) is 16.1. The van der Waals surface area contributed by atoms with Crippen LogP contribution in [0.25, 0.3) is 5.65 Å². The number of imidazole rings is 1. The van der Waals surface area contributed by atoms with Gasteiger partial charge in [-0.3, -0.25) is 4.79 Å². The van der Waals surface area contributed by atoms with Crippen LogP contribution in [-0.2, 0) is 0 Å². The molecule has 1 saturated heterocycles. The Morgan fingerprint density at radius 3 is 2.81 bits per heavy atom. The van der Waals surface area contributed by atoms with E-state index in [-0.39, 0.29) is 28.1 Å². The Labute approximate surface area is 158 Å². The average molecular weight is 386 g/mol. The summed E-state index contributed by atoms with van der Waals surface area (Å²) in [5.41, 5.74) is 0.895. The van der Waals surface area contributed by atoms with Gasteiger partial charge in [-0.1, -0.05) is 11.6 Å². The van der Waals surface area contributed by atoms with Crippen LogP contribution in [-0.4, -0.2) is 43.5 Å². The Kier molecular flexibility index (Phi) is 4.33. The van der Waals surface area contributed by atoms with Crippen LogP contribution in [0.3, 0.4) is 0 Å². The van der Waals surface area contributed by atoms with Crippen LogP contribution in [0.5, 0.6) is 0 Å². The molecule has 27 heavy (non-hydrogen) atoms. The standard InChI is InChI=1S/C17H13ClFN7O/c18-13-7-12(16-21-9-10(8-20)26(16)24-13)22-14-4-3-11(15(19)23-14)17(27)25-5-1-2-6-25/h3-4,7,9H,1-2,5-6H2,(H,22,23). The van der Waals surface area contributed by atoms with E-state index in [0.717, 1.165) is 12.8 Å². The van der Waals surface area contributed by atoms with Crippen molar-refractivity contribution in [1.82, 2.24) is 24.5 Å². The molecule has 0 aromatic carbocycles. The Balaban J connectivity index is 1.65. The number of fused-ring (bicyclic) bond motifs is 1. The van der Waals surface area contributed by atoms with Crippen LogP contribution in [0.2, 0.25) is 5.15 Å². The number of aromatic nitrogens is 4. The fourth-order valence-corrected chi connectivity index (χ4v) is 3.18. The molecule has 10 heteroatoms. The number of nitrogens with zero attached hydrogens (tertiary/aromatic N) is 6. The van der Waals surface area contributed by atoms with Crippen molar-refractivity contribution in [2.75, 3.05) is 18.4 Å². The lowest BCUT2D eigenvalue weighted by molar-refractivity contribution is 0.0787. The predicted molar refractivity (Wildman–Crippen MR) is 95.3 cm³/mol. The van der Waals surface area contributed by atoms with Gasteiger partial charge in [0, 0.05) is 19.2 Å². The van der Waals surface area contributed by atoms with E-state index in [4.69, 9.17) is 16.9 Å². The van der Waals surface area contributed by atoms with E-state index < -0.39 is 5.95 Å². The van der Waals surface area contributed by atoms with Crippen LogP contribution in [0.4, 0.5) is 15.9 Å². The van der Waals surface area contributed by atoms with Gasteiger partial charge in [0.15, 0.2) is 16.5 Å². The third-order valence-electron chi connectivity index (χ3n) is 4.29. The molecule has 1 amide bonds. The number of pyridine rings is 1. The first-order chi connectivity index (χ1) is 13.1. The second-order valence-electron chi connectivity index (χ2n) is 6.03. The van der Waals surface area contributed by atoms with Crippen molar-refractivity contribution < 1.29 is 9.18 Å². The molecule has 0 aliphatic carbocycles. The second kappa shape index (κ2) is 6.81. The van der Waals surface area contributed by atoms with E-state index in [9.17, 15) is 9.18 Å². The first-order valence-corrected chi connectivity index (χ1v) is 8.62. The lowest BCUT2D eigenvalue weighted by Crippen LogP contribution is -2.28. The van der Waals surface area contributed by atoms with E-state index in [1.165, 1.54) is 28.9 Å². The lowest BCUT2D eigenvalue weighted by Gasteiger charge is -2.15. The SMILES string of the molecule is N#Cc1cnc2c(Nc3ccc(C(=O)N4CCCC4)c(F)n3)cc(Cl)nn12. The highest BCUT2D eigenvalue weighted by Crippen LogP contribution is 2.24. The van der Waals surface area contributed by atoms with Crippen molar-refractivity contribution in [3.63, 3.8) is 0 Å². The Morgan fingerprint density at radius 2 is 2.11 bits per heavy atom. The molecule has 0 saturated carbocycles. The summed E-state index contributed by atoms with van der Waals surface area (Å²) >= 11 is 5.99. The molecule has 1 aliphatic rings. The topological polar surface area (TPSA) is 99.2 Å². The minimum Gasteiger partial charge on any atom is -0.339 e. The fraction of sp³-hybridized carbons (Fsp3) is 0.235. The van der Waals surface area contributed by atoms with Crippen LogP contribution in [0.15, 0.2) is 24.4 Å². The fourth-order valence-electron chi connectivity index (χ4n) is 3.00. The van der Waals surface area contributed by atoms with Gasteiger partial charge in [0.25, 0.3) is 5.91 Å². The quantitative estimate of drug-likeness (QED) is 0.696. The summed E-state index contributed by atoms with van der Waals surface area (Å²) in [6.07, 6.45) is 3.21.